The van der Waals surface area contributed by atoms with Gasteiger partial charge in [0.05, 0.1) is 11.9 Å². The van der Waals surface area contributed by atoms with E-state index >= 15 is 0 Å². The van der Waals surface area contributed by atoms with Crippen LogP contribution >= 0.6 is 23.2 Å². The molecule has 0 rings (SSSR count). The van der Waals surface area contributed by atoms with Gasteiger partial charge in [-0.1, -0.05) is 0 Å². The van der Waals surface area contributed by atoms with E-state index in [4.69, 9.17) is 28.5 Å². The largest absolute Gasteiger partial charge is 0.197 e. The maximum Gasteiger partial charge on any atom is 0.134 e. The van der Waals surface area contributed by atoms with Gasteiger partial charge in [0.2, 0.25) is 0 Å². The third kappa shape index (κ3) is 2.32. The fraction of sp³-hybridized carbons (Fsp3) is 0.667. The average Bonchev–Trinajstić information content (AvgIpc) is 1.65. The van der Waals surface area contributed by atoms with Gasteiger partial charge in [-0.25, -0.2) is 0 Å². The van der Waals surface area contributed by atoms with Crippen molar-refractivity contribution in [1.29, 1.82) is 5.26 Å². The topological polar surface area (TPSA) is 23.8 Å². The van der Waals surface area contributed by atoms with Crippen LogP contribution in [0.3, 0.4) is 0 Å². The Morgan fingerprint density at radius 3 is 2.33 bits per heavy atom. The summed E-state index contributed by atoms with van der Waals surface area (Å²) in [5, 5.41) is 7.35. The van der Waals surface area contributed by atoms with Gasteiger partial charge in [-0.2, -0.15) is 5.26 Å². The molecular weight excluding hydrogens is 121 g/mol. The second-order valence-corrected chi connectivity index (χ2v) is 1.59. The predicted molar refractivity (Wildman–Crippen MR) is 26.0 cm³/mol. The van der Waals surface area contributed by atoms with Crippen LogP contribution in [0.1, 0.15) is 0 Å². The zero-order valence-corrected chi connectivity index (χ0v) is 4.50. The standard InChI is InChI=1S/C3H3Cl2N/c4-1-3(5)2-6/h3H,1H2. The highest BCUT2D eigenvalue weighted by Crippen LogP contribution is 1.93. The van der Waals surface area contributed by atoms with Crippen molar-refractivity contribution in [3.05, 3.63) is 0 Å². The Labute approximate surface area is 46.5 Å². The summed E-state index contributed by atoms with van der Waals surface area (Å²) in [6.45, 7) is 0. The third-order valence-corrected chi connectivity index (χ3v) is 0.994. The summed E-state index contributed by atoms with van der Waals surface area (Å²) in [5.41, 5.74) is 0. The Bertz CT molecular complexity index is 65.7. The van der Waals surface area contributed by atoms with Crippen LogP contribution < -0.4 is 0 Å². The molecule has 0 amide bonds. The molecule has 6 heavy (non-hydrogen) atoms. The Kier molecular flexibility index (Phi) is 3.31. The first-order valence-corrected chi connectivity index (χ1v) is 2.38. The molecule has 3 heteroatoms. The predicted octanol–water partition coefficient (Wildman–Crippen LogP) is 1.36. The lowest BCUT2D eigenvalue weighted by Crippen LogP contribution is -1.91. The van der Waals surface area contributed by atoms with E-state index in [2.05, 4.69) is 0 Å². The van der Waals surface area contributed by atoms with Gasteiger partial charge in [-0.3, -0.25) is 0 Å². The van der Waals surface area contributed by atoms with Crippen LogP contribution in [-0.4, -0.2) is 11.3 Å². The molecule has 0 saturated carbocycles. The maximum absolute atomic E-state index is 7.87. The Morgan fingerprint density at radius 1 is 1.83 bits per heavy atom. The molecule has 0 saturated heterocycles. The zero-order valence-electron chi connectivity index (χ0n) is 2.99. The van der Waals surface area contributed by atoms with Gasteiger partial charge in [0.25, 0.3) is 0 Å². The van der Waals surface area contributed by atoms with Gasteiger partial charge in [0.15, 0.2) is 0 Å². The first-order chi connectivity index (χ1) is 2.81. The second-order valence-electron chi connectivity index (χ2n) is 0.751. The minimum atomic E-state index is -0.522. The van der Waals surface area contributed by atoms with E-state index in [0.717, 1.165) is 0 Å². The average molecular weight is 124 g/mol. The van der Waals surface area contributed by atoms with E-state index in [9.17, 15) is 0 Å². The van der Waals surface area contributed by atoms with Crippen molar-refractivity contribution in [2.75, 3.05) is 5.88 Å². The molecule has 0 heterocycles. The maximum atomic E-state index is 7.87. The van der Waals surface area contributed by atoms with Crippen molar-refractivity contribution in [2.45, 2.75) is 5.38 Å². The first-order valence-electron chi connectivity index (χ1n) is 1.41. The summed E-state index contributed by atoms with van der Waals surface area (Å²) >= 11 is 10.3. The third-order valence-electron chi connectivity index (χ3n) is 0.276. The highest BCUT2D eigenvalue weighted by Gasteiger charge is 1.93. The fourth-order valence-electron chi connectivity index (χ4n) is 0.0345. The number of alkyl halides is 2. The van der Waals surface area contributed by atoms with E-state index in [0.29, 0.717) is 0 Å². The van der Waals surface area contributed by atoms with Crippen LogP contribution in [0, 0.1) is 11.3 Å². The zero-order chi connectivity index (χ0) is 4.99. The van der Waals surface area contributed by atoms with E-state index < -0.39 is 5.38 Å². The molecule has 0 aromatic rings. The molecule has 0 N–H and O–H groups in total. The second kappa shape index (κ2) is 3.27. The summed E-state index contributed by atoms with van der Waals surface area (Å²) in [5.74, 6) is 0.206. The number of rotatable bonds is 1. The summed E-state index contributed by atoms with van der Waals surface area (Å²) in [6, 6.07) is 1.75. The first kappa shape index (κ1) is 6.07. The monoisotopic (exact) mass is 123 g/mol. The number of hydrogen-bond acceptors (Lipinski definition) is 1. The number of nitrogens with zero attached hydrogens (tertiary/aromatic N) is 1. The molecule has 0 aromatic heterocycles. The molecule has 1 nitrogen and oxygen atoms in total. The summed E-state index contributed by atoms with van der Waals surface area (Å²) in [6.07, 6.45) is 0. The SMILES string of the molecule is N#CC(Cl)CCl. The van der Waals surface area contributed by atoms with Gasteiger partial charge in [-0.15, -0.1) is 23.2 Å². The molecule has 0 radical (unpaired) electrons. The highest BCUT2D eigenvalue weighted by atomic mass is 35.5. The molecule has 1 unspecified atom stereocenters. The van der Waals surface area contributed by atoms with Gasteiger partial charge in [-0.05, 0) is 0 Å². The summed E-state index contributed by atoms with van der Waals surface area (Å²) in [7, 11) is 0. The molecule has 0 bridgehead atoms. The van der Waals surface area contributed by atoms with Crippen molar-refractivity contribution in [3.63, 3.8) is 0 Å². The van der Waals surface area contributed by atoms with Crippen LogP contribution in [0.4, 0.5) is 0 Å². The van der Waals surface area contributed by atoms with Crippen LogP contribution in [0.15, 0.2) is 0 Å². The van der Waals surface area contributed by atoms with Crippen LogP contribution in [-0.2, 0) is 0 Å². The summed E-state index contributed by atoms with van der Waals surface area (Å²) in [4.78, 5) is 0. The van der Waals surface area contributed by atoms with E-state index in [1.165, 1.54) is 0 Å². The molecule has 0 aliphatic rings. The molecule has 0 aliphatic heterocycles. The molecular formula is C3H3Cl2N. The molecule has 1 atom stereocenters. The Balaban J connectivity index is 3.04. The van der Waals surface area contributed by atoms with Crippen LogP contribution in [0.2, 0.25) is 0 Å². The van der Waals surface area contributed by atoms with Gasteiger partial charge < -0.3 is 0 Å². The van der Waals surface area contributed by atoms with Gasteiger partial charge >= 0.3 is 0 Å². The smallest absolute Gasteiger partial charge is 0.134 e. The number of halogens is 2. The van der Waals surface area contributed by atoms with Gasteiger partial charge in [0, 0.05) is 0 Å². The molecule has 0 fully saturated rings. The van der Waals surface area contributed by atoms with Crippen molar-refractivity contribution >= 4 is 23.2 Å². The van der Waals surface area contributed by atoms with Crippen LogP contribution in [0.5, 0.6) is 0 Å². The minimum absolute atomic E-state index is 0.206. The molecule has 0 spiro atoms. The number of nitriles is 1. The van der Waals surface area contributed by atoms with Crippen molar-refractivity contribution in [1.82, 2.24) is 0 Å². The molecule has 0 aliphatic carbocycles. The lowest BCUT2D eigenvalue weighted by atomic mass is 10.5. The van der Waals surface area contributed by atoms with Crippen molar-refractivity contribution in [2.24, 2.45) is 0 Å². The van der Waals surface area contributed by atoms with Gasteiger partial charge in [0.1, 0.15) is 5.38 Å². The van der Waals surface area contributed by atoms with E-state index in [1.807, 2.05) is 0 Å². The lowest BCUT2D eigenvalue weighted by molar-refractivity contribution is 1.24. The van der Waals surface area contributed by atoms with Crippen molar-refractivity contribution in [3.8, 4) is 6.07 Å². The normalized spacial score (nSPS) is 12.8. The van der Waals surface area contributed by atoms with Crippen LogP contribution in [0.25, 0.3) is 0 Å². The lowest BCUT2D eigenvalue weighted by Gasteiger charge is -1.82. The molecule has 34 valence electrons. The van der Waals surface area contributed by atoms with E-state index in [-0.39, 0.29) is 5.88 Å². The number of hydrogen-bond donors (Lipinski definition) is 0. The molecule has 0 aromatic carbocycles. The Hall–Kier alpha value is 0.0700. The fourth-order valence-corrected chi connectivity index (χ4v) is 0.104. The minimum Gasteiger partial charge on any atom is -0.197 e. The van der Waals surface area contributed by atoms with Crippen molar-refractivity contribution < 1.29 is 0 Å². The Morgan fingerprint density at radius 2 is 2.33 bits per heavy atom. The highest BCUT2D eigenvalue weighted by molar-refractivity contribution is 6.29. The summed E-state index contributed by atoms with van der Waals surface area (Å²) < 4.78 is 0. The quantitative estimate of drug-likeness (QED) is 0.484. The van der Waals surface area contributed by atoms with E-state index in [1.54, 1.807) is 6.07 Å².